The van der Waals surface area contributed by atoms with Gasteiger partial charge in [-0.05, 0) is 30.3 Å². The van der Waals surface area contributed by atoms with Crippen LogP contribution in [-0.4, -0.2) is 56.9 Å². The summed E-state index contributed by atoms with van der Waals surface area (Å²) in [5.74, 6) is -4.19. The van der Waals surface area contributed by atoms with E-state index < -0.39 is 52.5 Å². The van der Waals surface area contributed by atoms with E-state index in [9.17, 15) is 25.2 Å². The second-order valence-electron chi connectivity index (χ2n) is 10.0. The molecule has 2 heterocycles. The van der Waals surface area contributed by atoms with Gasteiger partial charge >= 0.3 is 0 Å². The zero-order chi connectivity index (χ0) is 18.9. The molecule has 4 aliphatic carbocycles. The van der Waals surface area contributed by atoms with Crippen molar-refractivity contribution in [2.24, 2.45) is 34.0 Å². The van der Waals surface area contributed by atoms with E-state index in [4.69, 9.17) is 4.74 Å². The van der Waals surface area contributed by atoms with Gasteiger partial charge in [-0.3, -0.25) is 4.79 Å². The highest BCUT2D eigenvalue weighted by molar-refractivity contribution is 6.05. The summed E-state index contributed by atoms with van der Waals surface area (Å²) in [6, 6.07) is 0. The molecule has 6 aliphatic rings. The number of Topliss-reactive ketones (excluding diaryl/α,β-unsaturated/α-hetero) is 1. The standard InChI is InChI=1S/C20H28O6/c1-9-10-7-11(21)12-18-6-4-5-17(2,3)13(18)16(24)20(25,26-8-18)19(12,14(9)22)15(10)23/h10-13,15-16,21,23-25H,1,4-8H2,2-3H3/t10-,11-,12-,13+,15+,16-,18+,19-,20-/m0/s1. The van der Waals surface area contributed by atoms with Crippen LogP contribution in [0.5, 0.6) is 0 Å². The molecule has 0 aromatic heterocycles. The minimum atomic E-state index is -2.20. The molecule has 2 aliphatic heterocycles. The number of rotatable bonds is 0. The third-order valence-electron chi connectivity index (χ3n) is 8.75. The van der Waals surface area contributed by atoms with Crippen molar-refractivity contribution in [2.45, 2.75) is 63.6 Å². The van der Waals surface area contributed by atoms with Crippen molar-refractivity contribution in [3.63, 3.8) is 0 Å². The normalized spacial score (nSPS) is 59.9. The van der Waals surface area contributed by atoms with Crippen molar-refractivity contribution in [1.29, 1.82) is 0 Å². The Morgan fingerprint density at radius 1 is 1.12 bits per heavy atom. The van der Waals surface area contributed by atoms with Gasteiger partial charge in [-0.2, -0.15) is 0 Å². The van der Waals surface area contributed by atoms with E-state index in [0.29, 0.717) is 6.42 Å². The van der Waals surface area contributed by atoms with E-state index in [-0.39, 0.29) is 29.9 Å². The van der Waals surface area contributed by atoms with Gasteiger partial charge in [0, 0.05) is 23.2 Å². The fraction of sp³-hybridized carbons (Fsp3) is 0.850. The number of carbonyl (C=O) groups is 1. The highest BCUT2D eigenvalue weighted by Crippen LogP contribution is 2.76. The van der Waals surface area contributed by atoms with Crippen molar-refractivity contribution >= 4 is 5.78 Å². The van der Waals surface area contributed by atoms with E-state index >= 15 is 0 Å². The molecule has 2 spiro atoms. The van der Waals surface area contributed by atoms with E-state index in [1.54, 1.807) is 0 Å². The average Bonchev–Trinajstić information content (AvgIpc) is 2.67. The number of ether oxygens (including phenoxy) is 1. The van der Waals surface area contributed by atoms with Crippen LogP contribution in [0, 0.1) is 34.0 Å². The molecular formula is C20H28O6. The lowest BCUT2D eigenvalue weighted by Crippen LogP contribution is -2.85. The monoisotopic (exact) mass is 364 g/mol. The Morgan fingerprint density at radius 2 is 1.81 bits per heavy atom. The first kappa shape index (κ1) is 17.3. The Morgan fingerprint density at radius 3 is 2.50 bits per heavy atom. The van der Waals surface area contributed by atoms with E-state index in [0.717, 1.165) is 12.8 Å². The number of fused-ring (bicyclic) bond motifs is 2. The van der Waals surface area contributed by atoms with Gasteiger partial charge < -0.3 is 25.2 Å². The fourth-order valence-electron chi connectivity index (χ4n) is 8.03. The molecule has 26 heavy (non-hydrogen) atoms. The second kappa shape index (κ2) is 4.61. The van der Waals surface area contributed by atoms with Crippen LogP contribution in [0.1, 0.15) is 39.5 Å². The van der Waals surface area contributed by atoms with Gasteiger partial charge in [-0.15, -0.1) is 0 Å². The van der Waals surface area contributed by atoms with Crippen molar-refractivity contribution in [3.8, 4) is 0 Å². The Kier molecular flexibility index (Phi) is 3.07. The molecule has 0 unspecified atom stereocenters. The third kappa shape index (κ3) is 1.44. The Hall–Kier alpha value is -0.790. The van der Waals surface area contributed by atoms with Crippen LogP contribution >= 0.6 is 0 Å². The molecule has 6 heteroatoms. The molecule has 0 aromatic rings. The molecule has 6 rings (SSSR count). The first-order valence-corrected chi connectivity index (χ1v) is 9.70. The quantitative estimate of drug-likeness (QED) is 0.463. The summed E-state index contributed by atoms with van der Waals surface area (Å²) in [5.41, 5.74) is -2.40. The maximum atomic E-state index is 13.4. The Balaban J connectivity index is 1.82. The van der Waals surface area contributed by atoms with Crippen molar-refractivity contribution in [1.82, 2.24) is 0 Å². The summed E-state index contributed by atoms with van der Waals surface area (Å²) in [7, 11) is 0. The third-order valence-corrected chi connectivity index (χ3v) is 8.75. The first-order chi connectivity index (χ1) is 12.1. The van der Waals surface area contributed by atoms with Crippen LogP contribution in [0.2, 0.25) is 0 Å². The lowest BCUT2D eigenvalue weighted by Gasteiger charge is -2.74. The van der Waals surface area contributed by atoms with E-state index in [1.165, 1.54) is 0 Å². The van der Waals surface area contributed by atoms with Crippen LogP contribution in [0.3, 0.4) is 0 Å². The topological polar surface area (TPSA) is 107 Å². The van der Waals surface area contributed by atoms with Gasteiger partial charge in [0.15, 0.2) is 5.78 Å². The predicted octanol–water partition coefficient (Wildman–Crippen LogP) is 0.376. The smallest absolute Gasteiger partial charge is 0.208 e. The van der Waals surface area contributed by atoms with Gasteiger partial charge in [0.05, 0.1) is 18.8 Å². The minimum Gasteiger partial charge on any atom is -0.393 e. The molecule has 144 valence electrons. The number of hydrogen-bond acceptors (Lipinski definition) is 6. The van der Waals surface area contributed by atoms with Gasteiger partial charge in [-0.1, -0.05) is 26.8 Å². The van der Waals surface area contributed by atoms with Crippen LogP contribution in [-0.2, 0) is 9.53 Å². The summed E-state index contributed by atoms with van der Waals surface area (Å²) in [6.07, 6.45) is -0.572. The first-order valence-electron chi connectivity index (χ1n) is 9.70. The molecule has 4 N–H and O–H groups in total. The summed E-state index contributed by atoms with van der Waals surface area (Å²) in [6.45, 7) is 8.18. The Bertz CT molecular complexity index is 717. The largest absolute Gasteiger partial charge is 0.393 e. The molecule has 4 saturated carbocycles. The zero-order valence-electron chi connectivity index (χ0n) is 15.3. The summed E-state index contributed by atoms with van der Waals surface area (Å²) in [4.78, 5) is 13.4. The predicted molar refractivity (Wildman–Crippen MR) is 90.7 cm³/mol. The maximum absolute atomic E-state index is 13.4. The van der Waals surface area contributed by atoms with Crippen molar-refractivity contribution in [2.75, 3.05) is 6.61 Å². The highest BCUT2D eigenvalue weighted by atomic mass is 16.6. The maximum Gasteiger partial charge on any atom is 0.208 e. The summed E-state index contributed by atoms with van der Waals surface area (Å²) in [5, 5.41) is 45.1. The molecule has 6 nitrogen and oxygen atoms in total. The molecule has 0 amide bonds. The molecule has 2 saturated heterocycles. The van der Waals surface area contributed by atoms with Crippen LogP contribution in [0.15, 0.2) is 12.2 Å². The molecule has 9 atom stereocenters. The van der Waals surface area contributed by atoms with Gasteiger partial charge in [0.1, 0.15) is 11.5 Å². The van der Waals surface area contributed by atoms with Crippen molar-refractivity contribution in [3.05, 3.63) is 12.2 Å². The number of carbonyl (C=O) groups excluding carboxylic acids is 1. The van der Waals surface area contributed by atoms with E-state index in [2.05, 4.69) is 20.4 Å². The Labute approximate surface area is 152 Å². The average molecular weight is 364 g/mol. The summed E-state index contributed by atoms with van der Waals surface area (Å²) < 4.78 is 5.83. The lowest BCUT2D eigenvalue weighted by molar-refractivity contribution is -0.456. The molecule has 6 fully saturated rings. The number of aliphatic hydroxyl groups is 4. The molecule has 4 bridgehead atoms. The highest BCUT2D eigenvalue weighted by Gasteiger charge is 2.87. The number of hydrogen-bond donors (Lipinski definition) is 4. The van der Waals surface area contributed by atoms with E-state index in [1.807, 2.05) is 0 Å². The summed E-state index contributed by atoms with van der Waals surface area (Å²) >= 11 is 0. The second-order valence-corrected chi connectivity index (χ2v) is 10.0. The van der Waals surface area contributed by atoms with Crippen LogP contribution in [0.4, 0.5) is 0 Å². The number of ketones is 1. The fourth-order valence-corrected chi connectivity index (χ4v) is 8.03. The molecular weight excluding hydrogens is 336 g/mol. The lowest BCUT2D eigenvalue weighted by atomic mass is 9.36. The SMILES string of the molecule is C=C1C(=O)[C@]23[C@H](O)[C@H]1C[C@H](O)[C@H]2[C@]12CCCC(C)(C)[C@H]1[C@H](O)[C@]3(O)OC2. The van der Waals surface area contributed by atoms with Gasteiger partial charge in [-0.25, -0.2) is 0 Å². The zero-order valence-corrected chi connectivity index (χ0v) is 15.3. The number of aliphatic hydroxyl groups excluding tert-OH is 3. The van der Waals surface area contributed by atoms with Crippen LogP contribution < -0.4 is 0 Å². The van der Waals surface area contributed by atoms with Gasteiger partial charge in [0.2, 0.25) is 5.79 Å². The molecule has 0 radical (unpaired) electrons. The minimum absolute atomic E-state index is 0.190. The van der Waals surface area contributed by atoms with Crippen LogP contribution in [0.25, 0.3) is 0 Å². The molecule has 0 aromatic carbocycles. The van der Waals surface area contributed by atoms with Gasteiger partial charge in [0.25, 0.3) is 0 Å². The van der Waals surface area contributed by atoms with Crippen molar-refractivity contribution < 1.29 is 30.0 Å².